The minimum Gasteiger partial charge on any atom is -0.508 e. The third kappa shape index (κ3) is 9.45. The number of pyridine rings is 1. The molecule has 0 saturated carbocycles. The zero-order valence-electron chi connectivity index (χ0n) is 35.6. The number of hydrogen-bond donors (Lipinski definition) is 4. The van der Waals surface area contributed by atoms with Crippen molar-refractivity contribution in [1.29, 1.82) is 0 Å². The molecule has 1 saturated heterocycles. The Kier molecular flexibility index (Phi) is 13.4. The van der Waals surface area contributed by atoms with Crippen LogP contribution in [0, 0.1) is 11.3 Å². The summed E-state index contributed by atoms with van der Waals surface area (Å²) >= 11 is 0. The first-order chi connectivity index (χ1) is 28.2. The van der Waals surface area contributed by atoms with E-state index in [1.807, 2.05) is 38.2 Å². The van der Waals surface area contributed by atoms with Gasteiger partial charge in [-0.15, -0.1) is 0 Å². The van der Waals surface area contributed by atoms with E-state index >= 15 is 0 Å². The molecule has 2 aromatic heterocycles. The maximum Gasteiger partial charge on any atom is 0.324 e. The first-order valence-corrected chi connectivity index (χ1v) is 20.5. The number of hydrogen-bond acceptors (Lipinski definition) is 10. The van der Waals surface area contributed by atoms with Crippen LogP contribution >= 0.6 is 0 Å². The second-order valence-corrected chi connectivity index (χ2v) is 16.9. The summed E-state index contributed by atoms with van der Waals surface area (Å²) < 4.78 is 14.0. The lowest BCUT2D eigenvalue weighted by atomic mass is 9.84. The monoisotopic (exact) mass is 809 g/mol. The Bertz CT molecular complexity index is 2200. The smallest absolute Gasteiger partial charge is 0.324 e. The van der Waals surface area contributed by atoms with Gasteiger partial charge in [-0.2, -0.15) is 0 Å². The fraction of sp³-hybridized carbons (Fsp3) is 0.489. The molecule has 14 nitrogen and oxygen atoms in total. The Morgan fingerprint density at radius 2 is 1.92 bits per heavy atom. The van der Waals surface area contributed by atoms with E-state index in [4.69, 9.17) is 9.47 Å². The van der Waals surface area contributed by atoms with Crippen molar-refractivity contribution in [1.82, 2.24) is 35.5 Å². The molecule has 6 rings (SSSR count). The van der Waals surface area contributed by atoms with Crippen LogP contribution < -0.4 is 16.1 Å². The highest BCUT2D eigenvalue weighted by Gasteiger charge is 2.37. The average Bonchev–Trinajstić information content (AvgIpc) is 3.50. The van der Waals surface area contributed by atoms with Crippen molar-refractivity contribution in [3.05, 3.63) is 71.5 Å². The first-order valence-electron chi connectivity index (χ1n) is 20.5. The van der Waals surface area contributed by atoms with Gasteiger partial charge in [-0.05, 0) is 97.3 Å². The number of nitrogens with zero attached hydrogens (tertiary/aromatic N) is 4. The number of aryl methyl sites for hydroxylation is 1. The summed E-state index contributed by atoms with van der Waals surface area (Å²) in [7, 11) is 4.91. The predicted molar refractivity (Wildman–Crippen MR) is 226 cm³/mol. The number of benzene rings is 2. The van der Waals surface area contributed by atoms with Gasteiger partial charge in [0, 0.05) is 67.9 Å². The highest BCUT2D eigenvalue weighted by molar-refractivity contribution is 5.96. The topological polar surface area (TPSA) is 167 Å². The summed E-state index contributed by atoms with van der Waals surface area (Å²) in [6.45, 7) is 11.5. The van der Waals surface area contributed by atoms with Crippen LogP contribution in [0.1, 0.15) is 64.2 Å². The van der Waals surface area contributed by atoms with Crippen molar-refractivity contribution in [2.45, 2.75) is 91.6 Å². The Labute approximate surface area is 346 Å². The lowest BCUT2D eigenvalue weighted by Gasteiger charge is -2.36. The van der Waals surface area contributed by atoms with Crippen LogP contribution in [0.2, 0.25) is 0 Å². The number of amides is 3. The number of phenolic OH excluding ortho intramolecular Hbond substituents is 1. The Hall–Kier alpha value is -5.31. The van der Waals surface area contributed by atoms with Crippen molar-refractivity contribution in [3.63, 3.8) is 0 Å². The SMILES string of the molecule is CCn1c(-c2cnccc2COC)c2c3cc(ccc31)-c1cc(O)cc(c1)C[C@H](NC(=O)[C@H](C(C)C)N(C)C(=O)CNC)C(=O)N1CCC[C@H](N1)C(=O)OCC(C)(C)C2. The summed E-state index contributed by atoms with van der Waals surface area (Å²) in [5.74, 6) is -1.93. The molecule has 2 aliphatic heterocycles. The molecule has 0 aliphatic carbocycles. The van der Waals surface area contributed by atoms with Gasteiger partial charge in [0.25, 0.3) is 5.91 Å². The van der Waals surface area contributed by atoms with Crippen LogP contribution in [0.5, 0.6) is 5.75 Å². The number of carbonyl (C=O) groups is 4. The minimum absolute atomic E-state index is 0.00799. The zero-order chi connectivity index (χ0) is 42.6. The van der Waals surface area contributed by atoms with Gasteiger partial charge >= 0.3 is 5.97 Å². The molecule has 0 spiro atoms. The van der Waals surface area contributed by atoms with Crippen LogP contribution in [0.25, 0.3) is 33.3 Å². The van der Waals surface area contributed by atoms with E-state index in [0.29, 0.717) is 44.5 Å². The molecule has 4 N–H and O–H groups in total. The lowest BCUT2D eigenvalue weighted by Crippen LogP contribution is -2.62. The van der Waals surface area contributed by atoms with Crippen molar-refractivity contribution in [2.24, 2.45) is 11.3 Å². The molecule has 14 heteroatoms. The molecular weight excluding hydrogens is 751 g/mol. The number of hydrazine groups is 1. The van der Waals surface area contributed by atoms with Crippen LogP contribution in [-0.2, 0) is 54.6 Å². The second kappa shape index (κ2) is 18.3. The summed E-state index contributed by atoms with van der Waals surface area (Å²) in [5, 5.41) is 19.4. The fourth-order valence-corrected chi connectivity index (χ4v) is 8.55. The number of methoxy groups -OCH3 is 1. The number of cyclic esters (lactones) is 1. The van der Waals surface area contributed by atoms with Gasteiger partial charge in [0.2, 0.25) is 11.8 Å². The van der Waals surface area contributed by atoms with E-state index in [9.17, 15) is 24.3 Å². The molecular formula is C45H59N7O7. The van der Waals surface area contributed by atoms with Gasteiger partial charge in [0.05, 0.1) is 25.5 Å². The quantitative estimate of drug-likeness (QED) is 0.167. The van der Waals surface area contributed by atoms with Crippen LogP contribution in [0.15, 0.2) is 54.9 Å². The molecule has 0 unspecified atom stereocenters. The molecule has 2 aromatic carbocycles. The second-order valence-electron chi connectivity index (χ2n) is 16.9. The Balaban J connectivity index is 1.50. The summed E-state index contributed by atoms with van der Waals surface area (Å²) in [6, 6.07) is 10.7. The predicted octanol–water partition coefficient (Wildman–Crippen LogP) is 4.59. The number of aromatic hydroxyl groups is 1. The van der Waals surface area contributed by atoms with E-state index in [2.05, 4.69) is 58.5 Å². The first kappa shape index (κ1) is 43.3. The van der Waals surface area contributed by atoms with Gasteiger partial charge in [0.15, 0.2) is 0 Å². The maximum absolute atomic E-state index is 14.5. The third-order valence-corrected chi connectivity index (χ3v) is 11.4. The fourth-order valence-electron chi connectivity index (χ4n) is 8.55. The molecule has 6 bridgehead atoms. The molecule has 3 amide bonds. The summed E-state index contributed by atoms with van der Waals surface area (Å²) in [4.78, 5) is 61.2. The van der Waals surface area contributed by atoms with E-state index in [1.165, 1.54) is 9.91 Å². The zero-order valence-corrected chi connectivity index (χ0v) is 35.6. The van der Waals surface area contributed by atoms with Crippen molar-refractivity contribution < 1.29 is 33.8 Å². The molecule has 2 aliphatic rings. The standard InChI is InChI=1S/C45H59N7O7/c1-9-51-38-13-12-29-21-33(38)34(41(51)35-23-47-15-14-30(35)25-58-8)22-45(4,5)26-59-44(57)36-11-10-16-52(49-36)43(56)37(19-28-17-31(29)20-32(53)18-28)48-42(55)40(27(2)3)50(7)39(54)24-46-6/h12-15,17-18,20-21,23,27,36-37,40,46,49,53H,9-11,16,19,22,24-26H2,1-8H3,(H,48,55)/t36-,37-,40-/m0/s1. The number of fused-ring (bicyclic) bond motifs is 6. The minimum atomic E-state index is -1.11. The van der Waals surface area contributed by atoms with E-state index in [1.54, 1.807) is 39.5 Å². The van der Waals surface area contributed by atoms with E-state index in [0.717, 1.165) is 44.4 Å². The number of likely N-dealkylation sites (N-methyl/N-ethyl adjacent to an activating group) is 2. The van der Waals surface area contributed by atoms with Gasteiger partial charge < -0.3 is 34.7 Å². The average molecular weight is 810 g/mol. The molecule has 4 aromatic rings. The van der Waals surface area contributed by atoms with E-state index in [-0.39, 0.29) is 37.1 Å². The molecule has 316 valence electrons. The Morgan fingerprint density at radius 1 is 1.14 bits per heavy atom. The number of aromatic nitrogens is 2. The number of phenols is 1. The number of rotatable bonds is 10. The number of esters is 1. The van der Waals surface area contributed by atoms with Crippen LogP contribution in [-0.4, -0.2) is 107 Å². The lowest BCUT2D eigenvalue weighted by molar-refractivity contribution is -0.155. The number of carbonyl (C=O) groups excluding carboxylic acids is 4. The molecule has 59 heavy (non-hydrogen) atoms. The van der Waals surface area contributed by atoms with Crippen LogP contribution in [0.3, 0.4) is 0 Å². The van der Waals surface area contributed by atoms with Gasteiger partial charge in [-0.25, -0.2) is 5.43 Å². The normalized spacial score (nSPS) is 19.0. The van der Waals surface area contributed by atoms with Crippen molar-refractivity contribution in [2.75, 3.05) is 40.9 Å². The van der Waals surface area contributed by atoms with Gasteiger partial charge in [-0.3, -0.25) is 29.2 Å². The largest absolute Gasteiger partial charge is 0.508 e. The molecule has 4 heterocycles. The van der Waals surface area contributed by atoms with Crippen molar-refractivity contribution in [3.8, 4) is 28.1 Å². The van der Waals surface area contributed by atoms with Gasteiger partial charge in [0.1, 0.15) is 23.9 Å². The van der Waals surface area contributed by atoms with Crippen molar-refractivity contribution >= 4 is 34.6 Å². The number of ether oxygens (including phenoxy) is 2. The highest BCUT2D eigenvalue weighted by atomic mass is 16.5. The molecule has 0 radical (unpaired) electrons. The van der Waals surface area contributed by atoms with Crippen LogP contribution in [0.4, 0.5) is 0 Å². The number of nitrogens with one attached hydrogen (secondary N) is 3. The molecule has 1 fully saturated rings. The molecule has 3 atom stereocenters. The summed E-state index contributed by atoms with van der Waals surface area (Å²) in [6.07, 6.45) is 5.23. The maximum atomic E-state index is 14.5. The Morgan fingerprint density at radius 3 is 2.63 bits per heavy atom. The van der Waals surface area contributed by atoms with E-state index < -0.39 is 41.3 Å². The summed E-state index contributed by atoms with van der Waals surface area (Å²) in [5.41, 5.74) is 9.86. The highest BCUT2D eigenvalue weighted by Crippen LogP contribution is 2.41. The van der Waals surface area contributed by atoms with Gasteiger partial charge in [-0.1, -0.05) is 39.8 Å². The third-order valence-electron chi connectivity index (χ3n) is 11.4.